The van der Waals surface area contributed by atoms with Crippen LogP contribution in [-0.4, -0.2) is 27.5 Å². The van der Waals surface area contributed by atoms with Crippen LogP contribution in [0.15, 0.2) is 28.5 Å². The van der Waals surface area contributed by atoms with E-state index in [4.69, 9.17) is 10.7 Å². The zero-order valence-electron chi connectivity index (χ0n) is 14.7. The van der Waals surface area contributed by atoms with Crippen molar-refractivity contribution < 1.29 is 9.59 Å². The van der Waals surface area contributed by atoms with Gasteiger partial charge in [0.05, 0.1) is 26.7 Å². The fourth-order valence-electron chi connectivity index (χ4n) is 3.34. The lowest BCUT2D eigenvalue weighted by Gasteiger charge is -2.11. The molecule has 0 atom stereocenters. The van der Waals surface area contributed by atoms with Crippen LogP contribution >= 0.6 is 23.1 Å². The molecule has 0 saturated heterocycles. The molecule has 2 aromatic heterocycles. The van der Waals surface area contributed by atoms with E-state index >= 15 is 0 Å². The molecular weight excluding hydrogens is 380 g/mol. The van der Waals surface area contributed by atoms with Gasteiger partial charge in [-0.2, -0.15) is 0 Å². The quantitative estimate of drug-likeness (QED) is 0.643. The van der Waals surface area contributed by atoms with Crippen molar-refractivity contribution in [2.24, 2.45) is 5.73 Å². The van der Waals surface area contributed by atoms with Crippen molar-refractivity contribution in [3.8, 4) is 0 Å². The van der Waals surface area contributed by atoms with Crippen LogP contribution in [0.5, 0.6) is 0 Å². The SMILES string of the molecule is Cc1nc(NC(=O)c2c3c(nc4ccccc24)CCC3)sc1SCC(N)=O. The number of thioether (sulfide) groups is 1. The Morgan fingerprint density at radius 2 is 2.07 bits per heavy atom. The molecule has 0 aliphatic heterocycles. The van der Waals surface area contributed by atoms with Gasteiger partial charge in [-0.3, -0.25) is 19.9 Å². The van der Waals surface area contributed by atoms with Gasteiger partial charge in [0, 0.05) is 11.1 Å². The Kier molecular flexibility index (Phi) is 4.84. The van der Waals surface area contributed by atoms with Crippen LogP contribution in [0, 0.1) is 6.92 Å². The number of nitrogens with zero attached hydrogens (tertiary/aromatic N) is 2. The third-order valence-electron chi connectivity index (χ3n) is 4.47. The molecule has 4 rings (SSSR count). The summed E-state index contributed by atoms with van der Waals surface area (Å²) in [5, 5.41) is 4.33. The number of hydrogen-bond acceptors (Lipinski definition) is 6. The van der Waals surface area contributed by atoms with Crippen LogP contribution in [0.2, 0.25) is 0 Å². The second-order valence-corrected chi connectivity index (χ2v) is 8.63. The normalized spacial score (nSPS) is 12.9. The molecule has 8 heteroatoms. The molecule has 0 bridgehead atoms. The maximum Gasteiger partial charge on any atom is 0.258 e. The number of nitrogens with two attached hydrogens (primary N) is 1. The van der Waals surface area contributed by atoms with Gasteiger partial charge in [-0.15, -0.1) is 11.8 Å². The number of aryl methyl sites for hydroxylation is 2. The largest absolute Gasteiger partial charge is 0.369 e. The molecule has 138 valence electrons. The number of nitrogens with one attached hydrogen (secondary N) is 1. The molecule has 2 heterocycles. The molecule has 0 unspecified atom stereocenters. The van der Waals surface area contributed by atoms with Crippen LogP contribution < -0.4 is 11.1 Å². The standard InChI is InChI=1S/C19H18N4O2S2/c1-10-18(26-9-15(20)24)27-19(21-10)23-17(25)16-11-5-2-3-7-13(11)22-14-8-4-6-12(14)16/h2-3,5,7H,4,6,8-9H2,1H3,(H2,20,24)(H,21,23,25). The highest BCUT2D eigenvalue weighted by Gasteiger charge is 2.24. The van der Waals surface area contributed by atoms with Gasteiger partial charge < -0.3 is 5.73 Å². The minimum Gasteiger partial charge on any atom is -0.369 e. The first-order chi connectivity index (χ1) is 13.0. The molecule has 0 fully saturated rings. The molecule has 0 saturated carbocycles. The van der Waals surface area contributed by atoms with E-state index in [-0.39, 0.29) is 17.6 Å². The molecule has 3 aromatic rings. The number of rotatable bonds is 5. The number of carbonyl (C=O) groups excluding carboxylic acids is 2. The third kappa shape index (κ3) is 3.54. The monoisotopic (exact) mass is 398 g/mol. The van der Waals surface area contributed by atoms with Gasteiger partial charge in [0.2, 0.25) is 5.91 Å². The Morgan fingerprint density at radius 1 is 1.26 bits per heavy atom. The van der Waals surface area contributed by atoms with Crippen LogP contribution in [0.1, 0.15) is 33.7 Å². The van der Waals surface area contributed by atoms with Crippen molar-refractivity contribution in [3.63, 3.8) is 0 Å². The van der Waals surface area contributed by atoms with E-state index in [9.17, 15) is 9.59 Å². The average Bonchev–Trinajstić information content (AvgIpc) is 3.23. The Balaban J connectivity index is 1.66. The summed E-state index contributed by atoms with van der Waals surface area (Å²) in [6.45, 7) is 1.86. The van der Waals surface area contributed by atoms with E-state index in [1.807, 2.05) is 31.2 Å². The second-order valence-electron chi connectivity index (χ2n) is 6.38. The van der Waals surface area contributed by atoms with Crippen LogP contribution in [0.4, 0.5) is 5.13 Å². The zero-order chi connectivity index (χ0) is 19.0. The predicted octanol–water partition coefficient (Wildman–Crippen LogP) is 3.32. The lowest BCUT2D eigenvalue weighted by molar-refractivity contribution is -0.115. The van der Waals surface area contributed by atoms with Crippen LogP contribution in [-0.2, 0) is 17.6 Å². The van der Waals surface area contributed by atoms with E-state index < -0.39 is 0 Å². The molecule has 6 nitrogen and oxygen atoms in total. The highest BCUT2D eigenvalue weighted by molar-refractivity contribution is 8.01. The molecular formula is C19H18N4O2S2. The first-order valence-corrected chi connectivity index (χ1v) is 10.4. The molecule has 3 N–H and O–H groups in total. The fraction of sp³-hybridized carbons (Fsp3) is 0.263. The highest BCUT2D eigenvalue weighted by atomic mass is 32.2. The summed E-state index contributed by atoms with van der Waals surface area (Å²) < 4.78 is 0.883. The summed E-state index contributed by atoms with van der Waals surface area (Å²) >= 11 is 2.70. The molecule has 1 aliphatic rings. The van der Waals surface area contributed by atoms with Crippen LogP contribution in [0.25, 0.3) is 10.9 Å². The number of anilines is 1. The van der Waals surface area contributed by atoms with E-state index in [1.54, 1.807) is 0 Å². The van der Waals surface area contributed by atoms with Crippen molar-refractivity contribution in [1.82, 2.24) is 9.97 Å². The second kappa shape index (κ2) is 7.28. The number of benzene rings is 1. The van der Waals surface area contributed by atoms with E-state index in [1.165, 1.54) is 23.1 Å². The molecule has 2 amide bonds. The molecule has 0 spiro atoms. The predicted molar refractivity (Wildman–Crippen MR) is 108 cm³/mol. The average molecular weight is 399 g/mol. The van der Waals surface area contributed by atoms with Gasteiger partial charge in [0.15, 0.2) is 5.13 Å². The van der Waals surface area contributed by atoms with Crippen molar-refractivity contribution in [3.05, 3.63) is 46.8 Å². The molecule has 27 heavy (non-hydrogen) atoms. The van der Waals surface area contributed by atoms with E-state index in [0.29, 0.717) is 10.7 Å². The van der Waals surface area contributed by atoms with Gasteiger partial charge in [-0.25, -0.2) is 4.98 Å². The lowest BCUT2D eigenvalue weighted by Crippen LogP contribution is -2.15. The summed E-state index contributed by atoms with van der Waals surface area (Å²) in [4.78, 5) is 33.3. The number of para-hydroxylation sites is 1. The number of thiazole rings is 1. The number of aromatic nitrogens is 2. The van der Waals surface area contributed by atoms with Crippen molar-refractivity contribution in [2.75, 3.05) is 11.1 Å². The van der Waals surface area contributed by atoms with Gasteiger partial charge in [0.1, 0.15) is 0 Å². The topological polar surface area (TPSA) is 98.0 Å². The first kappa shape index (κ1) is 17.9. The van der Waals surface area contributed by atoms with Crippen molar-refractivity contribution in [1.29, 1.82) is 0 Å². The first-order valence-electron chi connectivity index (χ1n) is 8.63. The zero-order valence-corrected chi connectivity index (χ0v) is 16.4. The molecule has 1 aromatic carbocycles. The maximum absolute atomic E-state index is 13.1. The smallest absolute Gasteiger partial charge is 0.258 e. The number of pyridine rings is 1. The Hall–Kier alpha value is -2.45. The number of fused-ring (bicyclic) bond motifs is 2. The minimum atomic E-state index is -0.378. The fourth-order valence-corrected chi connectivity index (χ4v) is 5.21. The summed E-state index contributed by atoms with van der Waals surface area (Å²) in [6.07, 6.45) is 2.79. The minimum absolute atomic E-state index is 0.160. The third-order valence-corrected chi connectivity index (χ3v) is 6.92. The molecule has 0 radical (unpaired) electrons. The Bertz CT molecular complexity index is 1060. The maximum atomic E-state index is 13.1. The lowest BCUT2D eigenvalue weighted by atomic mass is 10.0. The Labute approximate surface area is 164 Å². The van der Waals surface area contributed by atoms with E-state index in [0.717, 1.165) is 51.3 Å². The summed E-state index contributed by atoms with van der Waals surface area (Å²) in [6, 6.07) is 7.74. The highest BCUT2D eigenvalue weighted by Crippen LogP contribution is 2.34. The summed E-state index contributed by atoms with van der Waals surface area (Å²) in [5.74, 6) is -0.344. The number of carbonyl (C=O) groups is 2. The number of primary amides is 1. The van der Waals surface area contributed by atoms with Gasteiger partial charge >= 0.3 is 0 Å². The summed E-state index contributed by atoms with van der Waals surface area (Å²) in [5.41, 5.74) is 9.60. The van der Waals surface area contributed by atoms with Gasteiger partial charge in [0.25, 0.3) is 5.91 Å². The Morgan fingerprint density at radius 3 is 2.89 bits per heavy atom. The summed E-state index contributed by atoms with van der Waals surface area (Å²) in [7, 11) is 0. The van der Waals surface area contributed by atoms with Gasteiger partial charge in [-0.05, 0) is 37.8 Å². The number of hydrogen-bond donors (Lipinski definition) is 2. The van der Waals surface area contributed by atoms with Gasteiger partial charge in [-0.1, -0.05) is 29.5 Å². The van der Waals surface area contributed by atoms with Crippen molar-refractivity contribution >= 4 is 50.9 Å². The van der Waals surface area contributed by atoms with Crippen LogP contribution in [0.3, 0.4) is 0 Å². The van der Waals surface area contributed by atoms with E-state index in [2.05, 4.69) is 10.3 Å². The molecule has 1 aliphatic carbocycles. The van der Waals surface area contributed by atoms with Crippen molar-refractivity contribution in [2.45, 2.75) is 30.4 Å². The number of amides is 2.